The van der Waals surface area contributed by atoms with Gasteiger partial charge < -0.3 is 9.84 Å². The van der Waals surface area contributed by atoms with Crippen molar-refractivity contribution in [2.45, 2.75) is 71.1 Å². The summed E-state index contributed by atoms with van der Waals surface area (Å²) in [5, 5.41) is 9.83. The van der Waals surface area contributed by atoms with E-state index in [1.54, 1.807) is 0 Å². The number of carbonyl (C=O) groups is 2. The second-order valence-corrected chi connectivity index (χ2v) is 6.42. The summed E-state index contributed by atoms with van der Waals surface area (Å²) in [6.07, 6.45) is 23.0. The van der Waals surface area contributed by atoms with Gasteiger partial charge in [0.2, 0.25) is 5.78 Å². The molecule has 0 amide bonds. The van der Waals surface area contributed by atoms with Crippen molar-refractivity contribution in [1.29, 1.82) is 0 Å². The van der Waals surface area contributed by atoms with E-state index in [-0.39, 0.29) is 17.9 Å². The number of hydrogen-bond acceptors (Lipinski definition) is 4. The Hall–Kier alpha value is -2.10. The van der Waals surface area contributed by atoms with Crippen LogP contribution >= 0.6 is 0 Å². The molecule has 0 aliphatic carbocycles. The maximum absolute atomic E-state index is 11.4. The first-order valence-electron chi connectivity index (χ1n) is 9.74. The Kier molecular flexibility index (Phi) is 11.9. The van der Waals surface area contributed by atoms with Crippen LogP contribution in [0.25, 0.3) is 0 Å². The number of ketones is 1. The molecule has 1 N–H and O–H groups in total. The molecule has 1 rings (SSSR count). The lowest BCUT2D eigenvalue weighted by Gasteiger charge is -2.02. The standard InChI is InChI=1S/C22H32O4/c1-2-3-4-5-6-7-8-9-10-11-12-13-14-15-16-17-19(23)21-20(24)18-26-22(21)25/h3-4,6-7,9-10,23H,2,5,8,11-18H2,1H3/b4-3-,7-6-,10-9-,21-19?. The van der Waals surface area contributed by atoms with E-state index in [2.05, 4.69) is 48.1 Å². The van der Waals surface area contributed by atoms with Gasteiger partial charge in [0, 0.05) is 6.42 Å². The van der Waals surface area contributed by atoms with Gasteiger partial charge in [0.25, 0.3) is 0 Å². The van der Waals surface area contributed by atoms with Gasteiger partial charge >= 0.3 is 5.97 Å². The fourth-order valence-electron chi connectivity index (χ4n) is 2.70. The number of aliphatic hydroxyl groups is 1. The van der Waals surface area contributed by atoms with Crippen LogP contribution in [-0.2, 0) is 14.3 Å². The lowest BCUT2D eigenvalue weighted by atomic mass is 10.1. The largest absolute Gasteiger partial charge is 0.511 e. The number of hydrogen-bond donors (Lipinski definition) is 1. The zero-order valence-corrected chi connectivity index (χ0v) is 15.9. The Morgan fingerprint density at radius 2 is 1.54 bits per heavy atom. The number of cyclic esters (lactones) is 1. The summed E-state index contributed by atoms with van der Waals surface area (Å²) in [6.45, 7) is 1.90. The predicted molar refractivity (Wildman–Crippen MR) is 105 cm³/mol. The second kappa shape index (κ2) is 14.1. The Morgan fingerprint density at radius 1 is 0.923 bits per heavy atom. The first-order valence-corrected chi connectivity index (χ1v) is 9.74. The molecular weight excluding hydrogens is 328 g/mol. The summed E-state index contributed by atoms with van der Waals surface area (Å²) in [5.74, 6) is -1.21. The van der Waals surface area contributed by atoms with Crippen LogP contribution in [0.15, 0.2) is 47.8 Å². The number of rotatable bonds is 13. The molecule has 0 bridgehead atoms. The molecule has 1 saturated heterocycles. The Morgan fingerprint density at radius 3 is 2.19 bits per heavy atom. The van der Waals surface area contributed by atoms with E-state index < -0.39 is 11.8 Å². The van der Waals surface area contributed by atoms with Gasteiger partial charge in [-0.1, -0.05) is 62.6 Å². The zero-order valence-electron chi connectivity index (χ0n) is 15.9. The van der Waals surface area contributed by atoms with Crippen LogP contribution in [0.2, 0.25) is 0 Å². The average Bonchev–Trinajstić information content (AvgIpc) is 2.96. The third kappa shape index (κ3) is 9.40. The van der Waals surface area contributed by atoms with Crippen molar-refractivity contribution in [2.24, 2.45) is 0 Å². The zero-order chi connectivity index (χ0) is 19.0. The SMILES string of the molecule is CC/C=C\C/C=C\C/C=C\CCCCCCCC(O)=C1C(=O)COC1=O. The number of esters is 1. The highest BCUT2D eigenvalue weighted by Crippen LogP contribution is 2.18. The molecule has 1 heterocycles. The molecule has 0 atom stereocenters. The fraction of sp³-hybridized carbons (Fsp3) is 0.545. The molecule has 0 spiro atoms. The van der Waals surface area contributed by atoms with Crippen molar-refractivity contribution in [1.82, 2.24) is 0 Å². The van der Waals surface area contributed by atoms with Gasteiger partial charge in [-0.3, -0.25) is 4.79 Å². The van der Waals surface area contributed by atoms with E-state index in [9.17, 15) is 14.7 Å². The van der Waals surface area contributed by atoms with Gasteiger partial charge in [-0.05, 0) is 38.5 Å². The molecule has 4 nitrogen and oxygen atoms in total. The number of allylic oxidation sites excluding steroid dienone is 7. The number of aliphatic hydroxyl groups excluding tert-OH is 1. The topological polar surface area (TPSA) is 63.6 Å². The molecule has 0 saturated carbocycles. The summed E-state index contributed by atoms with van der Waals surface area (Å²) < 4.78 is 4.61. The molecule has 0 radical (unpaired) electrons. The van der Waals surface area contributed by atoms with Gasteiger partial charge in [-0.25, -0.2) is 4.79 Å². The van der Waals surface area contributed by atoms with Crippen molar-refractivity contribution in [3.8, 4) is 0 Å². The van der Waals surface area contributed by atoms with Gasteiger partial charge in [0.05, 0.1) is 0 Å². The minimum Gasteiger partial charge on any atom is -0.511 e. The summed E-state index contributed by atoms with van der Waals surface area (Å²) in [7, 11) is 0. The summed E-state index contributed by atoms with van der Waals surface area (Å²) in [4.78, 5) is 22.7. The summed E-state index contributed by atoms with van der Waals surface area (Å²) in [6, 6.07) is 0. The lowest BCUT2D eigenvalue weighted by Crippen LogP contribution is -2.05. The van der Waals surface area contributed by atoms with E-state index in [0.29, 0.717) is 6.42 Å². The van der Waals surface area contributed by atoms with E-state index in [1.807, 2.05) is 0 Å². The maximum atomic E-state index is 11.4. The lowest BCUT2D eigenvalue weighted by molar-refractivity contribution is -0.135. The van der Waals surface area contributed by atoms with Gasteiger partial charge in [-0.2, -0.15) is 0 Å². The first-order chi connectivity index (χ1) is 12.7. The normalized spacial score (nSPS) is 17.1. The molecule has 4 heteroatoms. The highest BCUT2D eigenvalue weighted by molar-refractivity contribution is 6.22. The van der Waals surface area contributed by atoms with E-state index >= 15 is 0 Å². The minimum absolute atomic E-state index is 0.112. The molecule has 1 aliphatic heterocycles. The van der Waals surface area contributed by atoms with Crippen LogP contribution in [0, 0.1) is 0 Å². The summed E-state index contributed by atoms with van der Waals surface area (Å²) in [5.41, 5.74) is -0.148. The molecule has 0 aromatic heterocycles. The van der Waals surface area contributed by atoms with Crippen molar-refractivity contribution in [3.05, 3.63) is 47.8 Å². The Labute approximate surface area is 157 Å². The number of carbonyl (C=O) groups excluding carboxylic acids is 2. The Balaban J connectivity index is 1.99. The van der Waals surface area contributed by atoms with E-state index in [4.69, 9.17) is 0 Å². The van der Waals surface area contributed by atoms with Gasteiger partial charge in [-0.15, -0.1) is 0 Å². The van der Waals surface area contributed by atoms with Crippen LogP contribution < -0.4 is 0 Å². The quantitative estimate of drug-likeness (QED) is 0.117. The Bertz CT molecular complexity index is 534. The molecule has 0 aromatic carbocycles. The first kappa shape index (κ1) is 21.9. The van der Waals surface area contributed by atoms with Crippen molar-refractivity contribution < 1.29 is 19.4 Å². The fourth-order valence-corrected chi connectivity index (χ4v) is 2.70. The van der Waals surface area contributed by atoms with Crippen molar-refractivity contribution >= 4 is 11.8 Å². The highest BCUT2D eigenvalue weighted by atomic mass is 16.5. The monoisotopic (exact) mass is 360 g/mol. The maximum Gasteiger partial charge on any atom is 0.345 e. The smallest absolute Gasteiger partial charge is 0.345 e. The predicted octanol–water partition coefficient (Wildman–Crippen LogP) is 5.51. The van der Waals surface area contributed by atoms with Gasteiger partial charge in [0.15, 0.2) is 6.61 Å². The van der Waals surface area contributed by atoms with Gasteiger partial charge in [0.1, 0.15) is 11.3 Å². The van der Waals surface area contributed by atoms with Crippen LogP contribution in [0.5, 0.6) is 0 Å². The molecule has 1 aliphatic rings. The van der Waals surface area contributed by atoms with Crippen molar-refractivity contribution in [2.75, 3.05) is 6.61 Å². The minimum atomic E-state index is -0.688. The number of unbranched alkanes of at least 4 members (excludes halogenated alkanes) is 5. The second-order valence-electron chi connectivity index (χ2n) is 6.42. The molecule has 26 heavy (non-hydrogen) atoms. The summed E-state index contributed by atoms with van der Waals surface area (Å²) >= 11 is 0. The van der Waals surface area contributed by atoms with E-state index in [1.165, 1.54) is 0 Å². The number of ether oxygens (including phenoxy) is 1. The van der Waals surface area contributed by atoms with E-state index in [0.717, 1.165) is 57.8 Å². The molecule has 0 aromatic rings. The molecule has 0 unspecified atom stereocenters. The van der Waals surface area contributed by atoms with Crippen LogP contribution in [-0.4, -0.2) is 23.5 Å². The van der Waals surface area contributed by atoms with Crippen LogP contribution in [0.4, 0.5) is 0 Å². The molecular formula is C22H32O4. The highest BCUT2D eigenvalue weighted by Gasteiger charge is 2.31. The average molecular weight is 360 g/mol. The third-order valence-corrected chi connectivity index (χ3v) is 4.17. The van der Waals surface area contributed by atoms with Crippen LogP contribution in [0.1, 0.15) is 71.1 Å². The third-order valence-electron chi connectivity index (χ3n) is 4.17. The molecule has 144 valence electrons. The van der Waals surface area contributed by atoms with Crippen molar-refractivity contribution in [3.63, 3.8) is 0 Å². The van der Waals surface area contributed by atoms with Crippen LogP contribution in [0.3, 0.4) is 0 Å². The number of Topliss-reactive ketones (excluding diaryl/α,β-unsaturated/α-hetero) is 1. The molecule has 1 fully saturated rings.